The second kappa shape index (κ2) is 75.9. The van der Waals surface area contributed by atoms with Gasteiger partial charge in [0.15, 0.2) is 12.2 Å². The number of aliphatic hydroxyl groups is 1. The lowest BCUT2D eigenvalue weighted by molar-refractivity contribution is -0.161. The minimum absolute atomic E-state index is 0.107. The molecule has 0 spiro atoms. The Morgan fingerprint density at radius 3 is 0.667 bits per heavy atom. The molecule has 2 unspecified atom stereocenters. The van der Waals surface area contributed by atoms with Crippen LogP contribution in [0.2, 0.25) is 0 Å². The summed E-state index contributed by atoms with van der Waals surface area (Å²) >= 11 is 0. The van der Waals surface area contributed by atoms with E-state index in [1.54, 1.807) is 0 Å². The van der Waals surface area contributed by atoms with Gasteiger partial charge >= 0.3 is 39.5 Å². The summed E-state index contributed by atoms with van der Waals surface area (Å²) in [5.41, 5.74) is 0. The van der Waals surface area contributed by atoms with E-state index in [1.807, 2.05) is 0 Å². The van der Waals surface area contributed by atoms with Gasteiger partial charge < -0.3 is 33.8 Å². The van der Waals surface area contributed by atoms with Gasteiger partial charge in [-0.2, -0.15) is 0 Å². The maximum atomic E-state index is 13.1. The molecule has 0 heterocycles. The number of esters is 4. The number of hydrogen-bond acceptors (Lipinski definition) is 15. The Morgan fingerprint density at radius 2 is 0.451 bits per heavy atom. The van der Waals surface area contributed by atoms with Gasteiger partial charge in [-0.05, 0) is 31.6 Å². The number of carbonyl (C=O) groups is 4. The topological polar surface area (TPSA) is 237 Å². The van der Waals surface area contributed by atoms with Crippen LogP contribution in [0.3, 0.4) is 0 Å². The molecule has 0 aromatic carbocycles. The summed E-state index contributed by atoms with van der Waals surface area (Å²) in [5, 5.41) is 10.7. The maximum absolute atomic E-state index is 13.1. The van der Waals surface area contributed by atoms with Crippen LogP contribution in [0, 0.1) is 5.92 Å². The molecule has 0 aliphatic heterocycles. The Balaban J connectivity index is 5.23. The Bertz CT molecular complexity index is 1940. The number of aliphatic hydroxyl groups excluding tert-OH is 1. The quantitative estimate of drug-likeness (QED) is 0.0222. The molecular formula is C83H162O17P2. The van der Waals surface area contributed by atoms with E-state index in [0.717, 1.165) is 95.8 Å². The predicted octanol–water partition coefficient (Wildman–Crippen LogP) is 25.2. The highest BCUT2D eigenvalue weighted by Crippen LogP contribution is 2.45. The Labute approximate surface area is 626 Å². The first kappa shape index (κ1) is 100. The molecule has 606 valence electrons. The van der Waals surface area contributed by atoms with Crippen LogP contribution >= 0.6 is 15.6 Å². The summed E-state index contributed by atoms with van der Waals surface area (Å²) in [6.07, 6.45) is 68.0. The minimum atomic E-state index is -4.96. The van der Waals surface area contributed by atoms with E-state index in [2.05, 4.69) is 34.6 Å². The third kappa shape index (κ3) is 76.3. The minimum Gasteiger partial charge on any atom is -0.462 e. The van der Waals surface area contributed by atoms with E-state index < -0.39 is 97.5 Å². The van der Waals surface area contributed by atoms with Crippen molar-refractivity contribution < 1.29 is 80.2 Å². The second-order valence-electron chi connectivity index (χ2n) is 30.3. The molecule has 0 aromatic heterocycles. The van der Waals surface area contributed by atoms with Gasteiger partial charge in [0, 0.05) is 25.7 Å². The lowest BCUT2D eigenvalue weighted by atomic mass is 10.0. The summed E-state index contributed by atoms with van der Waals surface area (Å²) in [7, 11) is -9.92. The zero-order chi connectivity index (χ0) is 74.8. The largest absolute Gasteiger partial charge is 0.472 e. The summed E-state index contributed by atoms with van der Waals surface area (Å²) in [6, 6.07) is 0. The smallest absolute Gasteiger partial charge is 0.462 e. The molecule has 0 fully saturated rings. The third-order valence-electron chi connectivity index (χ3n) is 19.5. The Kier molecular flexibility index (Phi) is 74.4. The van der Waals surface area contributed by atoms with Crippen molar-refractivity contribution >= 4 is 39.5 Å². The fraction of sp³-hybridized carbons (Fsp3) is 0.952. The van der Waals surface area contributed by atoms with Crippen molar-refractivity contribution in [2.45, 2.75) is 464 Å². The fourth-order valence-corrected chi connectivity index (χ4v) is 14.5. The van der Waals surface area contributed by atoms with E-state index in [9.17, 15) is 43.2 Å². The number of ether oxygens (including phenoxy) is 4. The number of unbranched alkanes of at least 4 members (excludes halogenated alkanes) is 55. The fourth-order valence-electron chi connectivity index (χ4n) is 12.9. The van der Waals surface area contributed by atoms with E-state index >= 15 is 0 Å². The van der Waals surface area contributed by atoms with Gasteiger partial charge in [0.2, 0.25) is 0 Å². The van der Waals surface area contributed by atoms with Crippen LogP contribution in [-0.2, 0) is 65.4 Å². The molecular weight excluding hydrogens is 1330 g/mol. The van der Waals surface area contributed by atoms with Crippen molar-refractivity contribution in [3.05, 3.63) is 0 Å². The van der Waals surface area contributed by atoms with Crippen LogP contribution in [0.4, 0.5) is 0 Å². The lowest BCUT2D eigenvalue weighted by Gasteiger charge is -2.21. The maximum Gasteiger partial charge on any atom is 0.472 e. The molecule has 0 amide bonds. The Hall–Kier alpha value is -1.94. The SMILES string of the molecule is CCCCCCCCCCCCCCCCCCCCCCCC(=O)O[C@H](COC(=O)CCCCCCCCCCCCCCCCCC)COP(=O)(O)OC[C@@H](O)COP(=O)(O)OC[C@@H](COC(=O)CCCCCCCCCCCCC)OC(=O)CCCCCCCCCCCCCC(C)C. The van der Waals surface area contributed by atoms with E-state index in [4.69, 9.17) is 37.0 Å². The van der Waals surface area contributed by atoms with Crippen molar-refractivity contribution in [1.29, 1.82) is 0 Å². The van der Waals surface area contributed by atoms with Crippen molar-refractivity contribution in [3.8, 4) is 0 Å². The molecule has 0 rings (SSSR count). The van der Waals surface area contributed by atoms with Gasteiger partial charge in [-0.3, -0.25) is 37.3 Å². The zero-order valence-electron chi connectivity index (χ0n) is 66.8. The van der Waals surface area contributed by atoms with Crippen molar-refractivity contribution in [3.63, 3.8) is 0 Å². The molecule has 0 saturated carbocycles. The number of phosphoric acid groups is 2. The molecule has 17 nitrogen and oxygen atoms in total. The monoisotopic (exact) mass is 1490 g/mol. The molecule has 0 aliphatic carbocycles. The molecule has 0 aliphatic rings. The van der Waals surface area contributed by atoms with E-state index in [-0.39, 0.29) is 25.7 Å². The van der Waals surface area contributed by atoms with Crippen LogP contribution in [0.5, 0.6) is 0 Å². The summed E-state index contributed by atoms with van der Waals surface area (Å²) in [4.78, 5) is 73.1. The Morgan fingerprint density at radius 1 is 0.265 bits per heavy atom. The number of carbonyl (C=O) groups excluding carboxylic acids is 4. The first-order valence-electron chi connectivity index (χ1n) is 43.1. The lowest BCUT2D eigenvalue weighted by Crippen LogP contribution is -2.30. The average molecular weight is 1490 g/mol. The molecule has 0 bridgehead atoms. The molecule has 0 saturated heterocycles. The average Bonchev–Trinajstić information content (AvgIpc) is 0.924. The first-order valence-corrected chi connectivity index (χ1v) is 46.1. The number of rotatable bonds is 83. The van der Waals surface area contributed by atoms with Crippen molar-refractivity contribution in [1.82, 2.24) is 0 Å². The highest BCUT2D eigenvalue weighted by atomic mass is 31.2. The second-order valence-corrected chi connectivity index (χ2v) is 33.3. The van der Waals surface area contributed by atoms with E-state index in [0.29, 0.717) is 25.7 Å². The van der Waals surface area contributed by atoms with Gasteiger partial charge in [0.05, 0.1) is 26.4 Å². The van der Waals surface area contributed by atoms with Gasteiger partial charge in [-0.15, -0.1) is 0 Å². The first-order chi connectivity index (χ1) is 49.5. The van der Waals surface area contributed by atoms with Crippen LogP contribution in [0.1, 0.15) is 446 Å². The highest BCUT2D eigenvalue weighted by Gasteiger charge is 2.30. The van der Waals surface area contributed by atoms with Gasteiger partial charge in [0.25, 0.3) is 0 Å². The molecule has 19 heteroatoms. The molecule has 5 atom stereocenters. The van der Waals surface area contributed by atoms with Gasteiger partial charge in [-0.1, -0.05) is 394 Å². The summed E-state index contributed by atoms with van der Waals surface area (Å²) in [5.74, 6) is -1.34. The van der Waals surface area contributed by atoms with E-state index in [1.165, 1.54) is 270 Å². The summed E-state index contributed by atoms with van der Waals surface area (Å²) in [6.45, 7) is 7.34. The predicted molar refractivity (Wildman–Crippen MR) is 418 cm³/mol. The summed E-state index contributed by atoms with van der Waals surface area (Å²) < 4.78 is 68.8. The van der Waals surface area contributed by atoms with Gasteiger partial charge in [-0.25, -0.2) is 9.13 Å². The van der Waals surface area contributed by atoms with Crippen LogP contribution in [0.15, 0.2) is 0 Å². The van der Waals surface area contributed by atoms with Crippen LogP contribution in [0.25, 0.3) is 0 Å². The van der Waals surface area contributed by atoms with Gasteiger partial charge in [0.1, 0.15) is 19.3 Å². The third-order valence-corrected chi connectivity index (χ3v) is 21.4. The van der Waals surface area contributed by atoms with Crippen molar-refractivity contribution in [2.24, 2.45) is 5.92 Å². The molecule has 102 heavy (non-hydrogen) atoms. The van der Waals surface area contributed by atoms with Crippen molar-refractivity contribution in [2.75, 3.05) is 39.6 Å². The molecule has 3 N–H and O–H groups in total. The standard InChI is InChI=1S/C83H162O17P2/c1-6-9-12-15-18-21-24-26-28-30-31-32-33-34-36-38-43-48-53-58-63-68-82(87)99-79(73-94-81(86)67-62-57-52-47-42-37-35-29-27-25-22-19-16-13-10-7-2)75-98-102(91,92)96-71-77(84)70-95-101(89,90)97-74-78(72-93-80(85)66-61-56-51-46-40-23-20-17-14-11-8-3)100-83(88)69-64-59-54-49-44-39-41-45-50-55-60-65-76(4)5/h76-79,84H,6-75H2,1-5H3,(H,89,90)(H,91,92)/t77-,78+,79+/m0/s1. The zero-order valence-corrected chi connectivity index (χ0v) is 68.5. The number of phosphoric ester groups is 2. The normalized spacial score (nSPS) is 13.8. The number of hydrogen-bond donors (Lipinski definition) is 3. The van der Waals surface area contributed by atoms with Crippen LogP contribution < -0.4 is 0 Å². The van der Waals surface area contributed by atoms with Crippen LogP contribution in [-0.4, -0.2) is 96.7 Å². The molecule has 0 radical (unpaired) electrons. The molecule has 0 aromatic rings. The highest BCUT2D eigenvalue weighted by molar-refractivity contribution is 7.47.